The summed E-state index contributed by atoms with van der Waals surface area (Å²) in [7, 11) is 3.43. The summed E-state index contributed by atoms with van der Waals surface area (Å²) in [5, 5.41) is 0. The highest BCUT2D eigenvalue weighted by atomic mass is 32.2. The van der Waals surface area contributed by atoms with E-state index in [0.29, 0.717) is 5.92 Å². The predicted octanol–water partition coefficient (Wildman–Crippen LogP) is 4.87. The van der Waals surface area contributed by atoms with Gasteiger partial charge in [-0.3, -0.25) is 0 Å². The van der Waals surface area contributed by atoms with Crippen molar-refractivity contribution in [3.8, 4) is 11.5 Å². The Morgan fingerprint density at radius 3 is 2.27 bits per heavy atom. The average molecular weight is 314 g/mol. The van der Waals surface area contributed by atoms with Crippen LogP contribution in [0.2, 0.25) is 0 Å². The molecule has 1 aliphatic heterocycles. The van der Waals surface area contributed by atoms with Gasteiger partial charge in [-0.2, -0.15) is 0 Å². The number of benzene rings is 2. The van der Waals surface area contributed by atoms with Gasteiger partial charge in [0.05, 0.1) is 14.2 Å². The van der Waals surface area contributed by atoms with E-state index in [1.54, 1.807) is 14.2 Å². The standard InChI is InChI=1S/C19H22O2S/c1-13-17-10-9-16(21-4)11-18(17)22-12-19(13,2)14-5-7-15(20-3)8-6-14/h5-11,13H,12H2,1-4H3/t13-,19+/m1/s1. The molecule has 1 aliphatic rings. The van der Waals surface area contributed by atoms with Gasteiger partial charge in [-0.05, 0) is 41.3 Å². The van der Waals surface area contributed by atoms with Gasteiger partial charge in [0.2, 0.25) is 0 Å². The number of rotatable bonds is 3. The van der Waals surface area contributed by atoms with Gasteiger partial charge in [0.15, 0.2) is 0 Å². The summed E-state index contributed by atoms with van der Waals surface area (Å²) in [6, 6.07) is 14.9. The van der Waals surface area contributed by atoms with Crippen LogP contribution in [0.15, 0.2) is 47.4 Å². The van der Waals surface area contributed by atoms with E-state index >= 15 is 0 Å². The normalized spacial score (nSPS) is 23.7. The Balaban J connectivity index is 1.97. The largest absolute Gasteiger partial charge is 0.497 e. The van der Waals surface area contributed by atoms with Gasteiger partial charge in [0, 0.05) is 16.1 Å². The quantitative estimate of drug-likeness (QED) is 0.805. The van der Waals surface area contributed by atoms with Gasteiger partial charge in [0.1, 0.15) is 11.5 Å². The molecule has 3 heteroatoms. The average Bonchev–Trinajstić information content (AvgIpc) is 2.58. The maximum absolute atomic E-state index is 5.35. The summed E-state index contributed by atoms with van der Waals surface area (Å²) in [6.07, 6.45) is 0. The molecule has 2 atom stereocenters. The van der Waals surface area contributed by atoms with Crippen LogP contribution in [-0.4, -0.2) is 20.0 Å². The molecule has 2 nitrogen and oxygen atoms in total. The molecule has 0 unspecified atom stereocenters. The van der Waals surface area contributed by atoms with Crippen molar-refractivity contribution in [3.63, 3.8) is 0 Å². The molecule has 116 valence electrons. The molecule has 22 heavy (non-hydrogen) atoms. The van der Waals surface area contributed by atoms with Crippen molar-refractivity contribution in [2.45, 2.75) is 30.1 Å². The third-order valence-corrected chi connectivity index (χ3v) is 6.33. The first-order valence-corrected chi connectivity index (χ1v) is 8.52. The van der Waals surface area contributed by atoms with Crippen molar-refractivity contribution in [1.82, 2.24) is 0 Å². The Morgan fingerprint density at radius 1 is 1.00 bits per heavy atom. The highest BCUT2D eigenvalue weighted by molar-refractivity contribution is 7.99. The van der Waals surface area contributed by atoms with Gasteiger partial charge in [-0.25, -0.2) is 0 Å². The van der Waals surface area contributed by atoms with Gasteiger partial charge < -0.3 is 9.47 Å². The zero-order chi connectivity index (χ0) is 15.7. The van der Waals surface area contributed by atoms with Crippen LogP contribution in [0.25, 0.3) is 0 Å². The second-order valence-electron chi connectivity index (χ2n) is 6.06. The lowest BCUT2D eigenvalue weighted by molar-refractivity contribution is 0.406. The number of hydrogen-bond donors (Lipinski definition) is 0. The molecule has 0 aromatic heterocycles. The lowest BCUT2D eigenvalue weighted by Gasteiger charge is -2.41. The first-order valence-electron chi connectivity index (χ1n) is 7.54. The second kappa shape index (κ2) is 5.88. The first kappa shape index (κ1) is 15.3. The molecule has 0 bridgehead atoms. The van der Waals surface area contributed by atoms with E-state index in [9.17, 15) is 0 Å². The van der Waals surface area contributed by atoms with E-state index in [4.69, 9.17) is 9.47 Å². The number of thioether (sulfide) groups is 1. The number of ether oxygens (including phenoxy) is 2. The number of methoxy groups -OCH3 is 2. The molecular weight excluding hydrogens is 292 g/mol. The maximum Gasteiger partial charge on any atom is 0.119 e. The van der Waals surface area contributed by atoms with Crippen LogP contribution >= 0.6 is 11.8 Å². The topological polar surface area (TPSA) is 18.5 Å². The Morgan fingerprint density at radius 2 is 1.64 bits per heavy atom. The molecule has 1 heterocycles. The molecule has 0 aliphatic carbocycles. The highest BCUT2D eigenvalue weighted by Gasteiger charge is 2.38. The van der Waals surface area contributed by atoms with E-state index in [1.165, 1.54) is 16.0 Å². The number of fused-ring (bicyclic) bond motifs is 1. The van der Waals surface area contributed by atoms with Crippen molar-refractivity contribution in [1.29, 1.82) is 0 Å². The summed E-state index contributed by atoms with van der Waals surface area (Å²) in [4.78, 5) is 1.35. The zero-order valence-corrected chi connectivity index (χ0v) is 14.4. The Bertz CT molecular complexity index is 666. The molecule has 0 amide bonds. The summed E-state index contributed by atoms with van der Waals surface area (Å²) in [6.45, 7) is 4.69. The van der Waals surface area contributed by atoms with Gasteiger partial charge >= 0.3 is 0 Å². The summed E-state index contributed by atoms with van der Waals surface area (Å²) >= 11 is 1.92. The fourth-order valence-corrected chi connectivity index (χ4v) is 4.61. The summed E-state index contributed by atoms with van der Waals surface area (Å²) in [5.74, 6) is 3.38. The van der Waals surface area contributed by atoms with Crippen molar-refractivity contribution in [2.24, 2.45) is 0 Å². The minimum atomic E-state index is 0.124. The Kier molecular flexibility index (Phi) is 4.09. The first-order chi connectivity index (χ1) is 10.6. The summed E-state index contributed by atoms with van der Waals surface area (Å²) < 4.78 is 10.6. The molecule has 0 saturated carbocycles. The molecule has 0 fully saturated rings. The molecular formula is C19H22O2S. The second-order valence-corrected chi connectivity index (χ2v) is 7.08. The fourth-order valence-electron chi connectivity index (χ4n) is 3.13. The van der Waals surface area contributed by atoms with Crippen LogP contribution < -0.4 is 9.47 Å². The van der Waals surface area contributed by atoms with Crippen LogP contribution in [0.1, 0.15) is 30.9 Å². The van der Waals surface area contributed by atoms with Crippen LogP contribution in [0.3, 0.4) is 0 Å². The van der Waals surface area contributed by atoms with Gasteiger partial charge in [-0.1, -0.05) is 32.0 Å². The minimum absolute atomic E-state index is 0.124. The molecule has 2 aromatic rings. The lowest BCUT2D eigenvalue weighted by Crippen LogP contribution is -2.34. The van der Waals surface area contributed by atoms with Crippen molar-refractivity contribution >= 4 is 11.8 Å². The van der Waals surface area contributed by atoms with E-state index in [0.717, 1.165) is 17.3 Å². The molecule has 0 saturated heterocycles. The van der Waals surface area contributed by atoms with Crippen LogP contribution in [0, 0.1) is 0 Å². The number of hydrogen-bond acceptors (Lipinski definition) is 3. The van der Waals surface area contributed by atoms with Crippen LogP contribution in [0.4, 0.5) is 0 Å². The Hall–Kier alpha value is -1.61. The van der Waals surface area contributed by atoms with Crippen molar-refractivity contribution in [2.75, 3.05) is 20.0 Å². The van der Waals surface area contributed by atoms with E-state index in [2.05, 4.69) is 56.3 Å². The zero-order valence-electron chi connectivity index (χ0n) is 13.6. The fraction of sp³-hybridized carbons (Fsp3) is 0.368. The van der Waals surface area contributed by atoms with E-state index in [-0.39, 0.29) is 5.41 Å². The van der Waals surface area contributed by atoms with E-state index < -0.39 is 0 Å². The third-order valence-electron chi connectivity index (χ3n) is 4.92. The van der Waals surface area contributed by atoms with Crippen molar-refractivity contribution < 1.29 is 9.47 Å². The smallest absolute Gasteiger partial charge is 0.119 e. The van der Waals surface area contributed by atoms with Crippen molar-refractivity contribution in [3.05, 3.63) is 53.6 Å². The maximum atomic E-state index is 5.35. The Labute approximate surface area is 136 Å². The molecule has 0 radical (unpaired) electrons. The summed E-state index contributed by atoms with van der Waals surface area (Å²) in [5.41, 5.74) is 2.91. The van der Waals surface area contributed by atoms with Gasteiger partial charge in [0.25, 0.3) is 0 Å². The molecule has 2 aromatic carbocycles. The van der Waals surface area contributed by atoms with Gasteiger partial charge in [-0.15, -0.1) is 11.8 Å². The predicted molar refractivity (Wildman–Crippen MR) is 92.5 cm³/mol. The molecule has 0 N–H and O–H groups in total. The lowest BCUT2D eigenvalue weighted by atomic mass is 9.71. The van der Waals surface area contributed by atoms with E-state index in [1.807, 2.05) is 11.8 Å². The molecule has 3 rings (SSSR count). The van der Waals surface area contributed by atoms with Crippen LogP contribution in [-0.2, 0) is 5.41 Å². The van der Waals surface area contributed by atoms with Crippen LogP contribution in [0.5, 0.6) is 11.5 Å². The third kappa shape index (κ3) is 2.48. The monoisotopic (exact) mass is 314 g/mol. The highest BCUT2D eigenvalue weighted by Crippen LogP contribution is 2.50. The minimum Gasteiger partial charge on any atom is -0.497 e. The molecule has 0 spiro atoms. The SMILES string of the molecule is COc1ccc([C@@]2(C)CSc3cc(OC)ccc3[C@H]2C)cc1.